The SMILES string of the molecule is CCS(=O)CCNC(=O)C(N)CCC(=O)O. The second-order valence-electron chi connectivity index (χ2n) is 3.26. The Morgan fingerprint density at radius 1 is 1.50 bits per heavy atom. The lowest BCUT2D eigenvalue weighted by Gasteiger charge is -2.10. The number of hydrogen-bond acceptors (Lipinski definition) is 4. The van der Waals surface area contributed by atoms with Crippen molar-refractivity contribution in [2.75, 3.05) is 18.1 Å². The molecule has 0 fully saturated rings. The zero-order valence-electron chi connectivity index (χ0n) is 9.27. The molecule has 0 spiro atoms. The number of carboxylic acid groups (broad SMARTS) is 1. The monoisotopic (exact) mass is 250 g/mol. The molecule has 2 unspecified atom stereocenters. The maximum Gasteiger partial charge on any atom is 0.303 e. The van der Waals surface area contributed by atoms with E-state index in [1.165, 1.54) is 0 Å². The third-order valence-corrected chi connectivity index (χ3v) is 3.26. The van der Waals surface area contributed by atoms with Gasteiger partial charge in [-0.3, -0.25) is 13.8 Å². The average molecular weight is 250 g/mol. The van der Waals surface area contributed by atoms with E-state index >= 15 is 0 Å². The Labute approximate surface area is 97.0 Å². The van der Waals surface area contributed by atoms with Gasteiger partial charge >= 0.3 is 5.97 Å². The number of hydrogen-bond donors (Lipinski definition) is 3. The van der Waals surface area contributed by atoms with Crippen molar-refractivity contribution >= 4 is 22.7 Å². The van der Waals surface area contributed by atoms with Crippen molar-refractivity contribution in [3.05, 3.63) is 0 Å². The third kappa shape index (κ3) is 7.36. The second kappa shape index (κ2) is 8.23. The van der Waals surface area contributed by atoms with Gasteiger partial charge in [0.25, 0.3) is 0 Å². The molecule has 0 heterocycles. The van der Waals surface area contributed by atoms with Crippen LogP contribution in [0.3, 0.4) is 0 Å². The van der Waals surface area contributed by atoms with Gasteiger partial charge in [0.15, 0.2) is 0 Å². The molecular weight excluding hydrogens is 232 g/mol. The van der Waals surface area contributed by atoms with Crippen LogP contribution in [0.5, 0.6) is 0 Å². The van der Waals surface area contributed by atoms with Crippen LogP contribution in [0.1, 0.15) is 19.8 Å². The van der Waals surface area contributed by atoms with Crippen molar-refractivity contribution in [2.45, 2.75) is 25.8 Å². The molecule has 4 N–H and O–H groups in total. The maximum absolute atomic E-state index is 11.3. The first-order valence-corrected chi connectivity index (χ1v) is 6.56. The highest BCUT2D eigenvalue weighted by Gasteiger charge is 2.14. The Bertz CT molecular complexity index is 270. The first-order valence-electron chi connectivity index (χ1n) is 5.07. The molecule has 2 atom stereocenters. The van der Waals surface area contributed by atoms with Gasteiger partial charge in [0.05, 0.1) is 6.04 Å². The molecule has 0 aliphatic rings. The van der Waals surface area contributed by atoms with Crippen LogP contribution in [0.15, 0.2) is 0 Å². The minimum Gasteiger partial charge on any atom is -0.481 e. The highest BCUT2D eigenvalue weighted by molar-refractivity contribution is 7.84. The van der Waals surface area contributed by atoms with Crippen LogP contribution in [0.25, 0.3) is 0 Å². The zero-order valence-corrected chi connectivity index (χ0v) is 10.1. The van der Waals surface area contributed by atoms with E-state index < -0.39 is 28.7 Å². The van der Waals surface area contributed by atoms with Crippen LogP contribution in [0.4, 0.5) is 0 Å². The van der Waals surface area contributed by atoms with Crippen LogP contribution in [0.2, 0.25) is 0 Å². The summed E-state index contributed by atoms with van der Waals surface area (Å²) >= 11 is 0. The molecule has 94 valence electrons. The summed E-state index contributed by atoms with van der Waals surface area (Å²) in [6, 6.07) is -0.814. The molecular formula is C9H18N2O4S. The lowest BCUT2D eigenvalue weighted by molar-refractivity contribution is -0.137. The van der Waals surface area contributed by atoms with Gasteiger partial charge in [-0.2, -0.15) is 0 Å². The highest BCUT2D eigenvalue weighted by atomic mass is 32.2. The van der Waals surface area contributed by atoms with Gasteiger partial charge in [-0.15, -0.1) is 0 Å². The molecule has 0 bridgehead atoms. The van der Waals surface area contributed by atoms with Crippen molar-refractivity contribution < 1.29 is 18.9 Å². The van der Waals surface area contributed by atoms with Crippen LogP contribution < -0.4 is 11.1 Å². The van der Waals surface area contributed by atoms with E-state index in [4.69, 9.17) is 10.8 Å². The molecule has 0 aromatic carbocycles. The number of nitrogens with two attached hydrogens (primary N) is 1. The molecule has 0 radical (unpaired) electrons. The van der Waals surface area contributed by atoms with Gasteiger partial charge in [0, 0.05) is 35.3 Å². The fourth-order valence-corrected chi connectivity index (χ4v) is 1.59. The first kappa shape index (κ1) is 15.0. The molecule has 6 nitrogen and oxygen atoms in total. The predicted molar refractivity (Wildman–Crippen MR) is 61.4 cm³/mol. The Kier molecular flexibility index (Phi) is 7.74. The van der Waals surface area contributed by atoms with E-state index in [0.717, 1.165) is 0 Å². The summed E-state index contributed by atoms with van der Waals surface area (Å²) in [4.78, 5) is 21.5. The summed E-state index contributed by atoms with van der Waals surface area (Å²) in [6.07, 6.45) is -0.0203. The van der Waals surface area contributed by atoms with E-state index in [0.29, 0.717) is 18.1 Å². The van der Waals surface area contributed by atoms with E-state index in [2.05, 4.69) is 5.32 Å². The lowest BCUT2D eigenvalue weighted by Crippen LogP contribution is -2.42. The number of nitrogens with one attached hydrogen (secondary N) is 1. The number of carbonyl (C=O) groups excluding carboxylic acids is 1. The molecule has 1 amide bonds. The molecule has 7 heteroatoms. The van der Waals surface area contributed by atoms with Crippen molar-refractivity contribution in [1.29, 1.82) is 0 Å². The fraction of sp³-hybridized carbons (Fsp3) is 0.778. The predicted octanol–water partition coefficient (Wildman–Crippen LogP) is -0.937. The summed E-state index contributed by atoms with van der Waals surface area (Å²) < 4.78 is 11.0. The maximum atomic E-state index is 11.3. The normalized spacial score (nSPS) is 14.1. The summed E-state index contributed by atoms with van der Waals surface area (Å²) in [5.74, 6) is -0.417. The molecule has 0 saturated carbocycles. The van der Waals surface area contributed by atoms with Gasteiger partial charge in [-0.25, -0.2) is 0 Å². The van der Waals surface area contributed by atoms with Gasteiger partial charge < -0.3 is 16.2 Å². The Morgan fingerprint density at radius 2 is 2.12 bits per heavy atom. The van der Waals surface area contributed by atoms with Crippen molar-refractivity contribution in [3.8, 4) is 0 Å². The second-order valence-corrected chi connectivity index (χ2v) is 5.13. The van der Waals surface area contributed by atoms with E-state index in [-0.39, 0.29) is 12.8 Å². The van der Waals surface area contributed by atoms with Crippen LogP contribution in [-0.4, -0.2) is 45.3 Å². The van der Waals surface area contributed by atoms with Gasteiger partial charge in [-0.1, -0.05) is 6.92 Å². The Morgan fingerprint density at radius 3 is 2.62 bits per heavy atom. The largest absolute Gasteiger partial charge is 0.481 e. The van der Waals surface area contributed by atoms with Crippen LogP contribution >= 0.6 is 0 Å². The fourth-order valence-electron chi connectivity index (χ4n) is 0.974. The van der Waals surface area contributed by atoms with Crippen molar-refractivity contribution in [1.82, 2.24) is 5.32 Å². The minimum atomic E-state index is -0.977. The van der Waals surface area contributed by atoms with Crippen molar-refractivity contribution in [3.63, 3.8) is 0 Å². The Hall–Kier alpha value is -0.950. The molecule has 0 aromatic rings. The third-order valence-electron chi connectivity index (χ3n) is 1.96. The van der Waals surface area contributed by atoms with E-state index in [1.807, 2.05) is 0 Å². The number of rotatable bonds is 8. The summed E-state index contributed by atoms with van der Waals surface area (Å²) in [5.41, 5.74) is 5.46. The molecule has 0 rings (SSSR count). The molecule has 0 aliphatic heterocycles. The molecule has 0 aliphatic carbocycles. The van der Waals surface area contributed by atoms with Gasteiger partial charge in [-0.05, 0) is 6.42 Å². The Balaban J connectivity index is 3.71. The molecule has 0 aromatic heterocycles. The first-order chi connectivity index (χ1) is 7.47. The lowest BCUT2D eigenvalue weighted by atomic mass is 10.1. The van der Waals surface area contributed by atoms with E-state index in [1.54, 1.807) is 6.92 Å². The topological polar surface area (TPSA) is 109 Å². The summed E-state index contributed by atoms with van der Waals surface area (Å²) in [6.45, 7) is 2.11. The van der Waals surface area contributed by atoms with Gasteiger partial charge in [0.2, 0.25) is 5.91 Å². The summed E-state index contributed by atoms with van der Waals surface area (Å²) in [5, 5.41) is 10.9. The highest BCUT2D eigenvalue weighted by Crippen LogP contribution is 1.94. The average Bonchev–Trinajstić information content (AvgIpc) is 2.25. The van der Waals surface area contributed by atoms with E-state index in [9.17, 15) is 13.8 Å². The van der Waals surface area contributed by atoms with Crippen molar-refractivity contribution in [2.24, 2.45) is 5.73 Å². The standard InChI is InChI=1S/C9H18N2O4S/c1-2-16(15)6-5-11-9(14)7(10)3-4-8(12)13/h7H,2-6,10H2,1H3,(H,11,14)(H,12,13). The number of aliphatic carboxylic acids is 1. The minimum absolute atomic E-state index is 0.109. The summed E-state index contributed by atoms with van der Waals surface area (Å²) in [7, 11) is -0.917. The number of amides is 1. The quantitative estimate of drug-likeness (QED) is 0.515. The number of carboxylic acids is 1. The number of carbonyl (C=O) groups is 2. The van der Waals surface area contributed by atoms with Crippen LogP contribution in [0, 0.1) is 0 Å². The molecule has 16 heavy (non-hydrogen) atoms. The molecule has 0 saturated heterocycles. The zero-order chi connectivity index (χ0) is 12.6. The smallest absolute Gasteiger partial charge is 0.303 e. The van der Waals surface area contributed by atoms with Gasteiger partial charge in [0.1, 0.15) is 0 Å². The van der Waals surface area contributed by atoms with Crippen LogP contribution in [-0.2, 0) is 20.4 Å².